The molecule has 0 radical (unpaired) electrons. The van der Waals surface area contributed by atoms with Crippen molar-refractivity contribution in [3.63, 3.8) is 0 Å². The molecular formula is C11H14N2O6S. The van der Waals surface area contributed by atoms with Crippen LogP contribution in [0.1, 0.15) is 26.7 Å². The molecule has 1 unspecified atom stereocenters. The number of benzene rings is 1. The van der Waals surface area contributed by atoms with Crippen LogP contribution in [0.15, 0.2) is 23.1 Å². The number of sulfone groups is 1. The lowest BCUT2D eigenvalue weighted by Gasteiger charge is -2.11. The fourth-order valence-corrected chi connectivity index (χ4v) is 3.44. The largest absolute Gasteiger partial charge is 0.294 e. The zero-order valence-corrected chi connectivity index (χ0v) is 11.8. The van der Waals surface area contributed by atoms with E-state index in [0.717, 1.165) is 12.1 Å². The van der Waals surface area contributed by atoms with E-state index in [1.165, 1.54) is 6.92 Å². The molecule has 0 aliphatic heterocycles. The van der Waals surface area contributed by atoms with Crippen LogP contribution < -0.4 is 0 Å². The van der Waals surface area contributed by atoms with Gasteiger partial charge in [0.15, 0.2) is 9.84 Å². The Morgan fingerprint density at radius 1 is 1.20 bits per heavy atom. The van der Waals surface area contributed by atoms with E-state index in [0.29, 0.717) is 18.9 Å². The summed E-state index contributed by atoms with van der Waals surface area (Å²) in [7, 11) is -3.88. The molecule has 1 rings (SSSR count). The van der Waals surface area contributed by atoms with Gasteiger partial charge in [-0.25, -0.2) is 8.42 Å². The highest BCUT2D eigenvalue weighted by Gasteiger charge is 2.32. The monoisotopic (exact) mass is 302 g/mol. The van der Waals surface area contributed by atoms with Crippen LogP contribution in [0.4, 0.5) is 11.4 Å². The Morgan fingerprint density at radius 3 is 2.25 bits per heavy atom. The minimum Gasteiger partial charge on any atom is -0.258 e. The minimum absolute atomic E-state index is 0.358. The van der Waals surface area contributed by atoms with Crippen LogP contribution in [0.25, 0.3) is 0 Å². The third kappa shape index (κ3) is 3.10. The third-order valence-electron chi connectivity index (χ3n) is 2.88. The maximum absolute atomic E-state index is 12.3. The molecule has 9 heteroatoms. The fourth-order valence-electron chi connectivity index (χ4n) is 1.78. The topological polar surface area (TPSA) is 120 Å². The van der Waals surface area contributed by atoms with Crippen molar-refractivity contribution in [2.24, 2.45) is 0 Å². The number of nitro benzene ring substituents is 2. The highest BCUT2D eigenvalue weighted by atomic mass is 32.2. The van der Waals surface area contributed by atoms with Crippen LogP contribution in [0.3, 0.4) is 0 Å². The van der Waals surface area contributed by atoms with Gasteiger partial charge in [-0.1, -0.05) is 13.3 Å². The SMILES string of the molecule is CCCC(C)S(=O)(=O)c1ccc([N+](=O)[O-])cc1[N+](=O)[O-]. The van der Waals surface area contributed by atoms with E-state index >= 15 is 0 Å². The standard InChI is InChI=1S/C11H14N2O6S/c1-3-4-8(2)20(18,19)11-6-5-9(12(14)15)7-10(11)13(16)17/h5-8H,3-4H2,1-2H3. The average molecular weight is 302 g/mol. The van der Waals surface area contributed by atoms with Crippen LogP contribution in [-0.4, -0.2) is 23.5 Å². The zero-order valence-electron chi connectivity index (χ0n) is 11.0. The molecule has 0 aliphatic carbocycles. The molecule has 20 heavy (non-hydrogen) atoms. The molecule has 0 N–H and O–H groups in total. The van der Waals surface area contributed by atoms with Crippen LogP contribution in [0.2, 0.25) is 0 Å². The van der Waals surface area contributed by atoms with Crippen molar-refractivity contribution in [1.29, 1.82) is 0 Å². The first-order chi connectivity index (χ1) is 9.21. The molecule has 8 nitrogen and oxygen atoms in total. The predicted octanol–water partition coefficient (Wildman–Crippen LogP) is 2.47. The van der Waals surface area contributed by atoms with Gasteiger partial charge in [-0.05, 0) is 19.4 Å². The number of hydrogen-bond donors (Lipinski definition) is 0. The van der Waals surface area contributed by atoms with Crippen molar-refractivity contribution in [2.45, 2.75) is 36.8 Å². The Balaban J connectivity index is 3.45. The zero-order chi connectivity index (χ0) is 15.5. The molecule has 110 valence electrons. The quantitative estimate of drug-likeness (QED) is 0.587. The Kier molecular flexibility index (Phi) is 4.77. The number of non-ortho nitro benzene ring substituents is 1. The first-order valence-corrected chi connectivity index (χ1v) is 7.43. The van der Waals surface area contributed by atoms with Crippen molar-refractivity contribution in [2.75, 3.05) is 0 Å². The van der Waals surface area contributed by atoms with Gasteiger partial charge in [0.1, 0.15) is 4.90 Å². The number of nitro groups is 2. The molecular weight excluding hydrogens is 288 g/mol. The van der Waals surface area contributed by atoms with Gasteiger partial charge in [-0.3, -0.25) is 20.2 Å². The first kappa shape index (κ1) is 16.0. The third-order valence-corrected chi connectivity index (χ3v) is 5.13. The molecule has 0 heterocycles. The number of hydrogen-bond acceptors (Lipinski definition) is 6. The van der Waals surface area contributed by atoms with Crippen LogP contribution >= 0.6 is 0 Å². The van der Waals surface area contributed by atoms with Gasteiger partial charge < -0.3 is 0 Å². The van der Waals surface area contributed by atoms with E-state index in [2.05, 4.69) is 0 Å². The molecule has 0 saturated carbocycles. The second-order valence-corrected chi connectivity index (χ2v) is 6.65. The Bertz CT molecular complexity index is 640. The van der Waals surface area contributed by atoms with E-state index in [-0.39, 0.29) is 0 Å². The summed E-state index contributed by atoms with van der Waals surface area (Å²) in [4.78, 5) is 19.3. The summed E-state index contributed by atoms with van der Waals surface area (Å²) in [6, 6.07) is 2.56. The summed E-state index contributed by atoms with van der Waals surface area (Å²) in [5, 5.41) is 20.8. The van der Waals surface area contributed by atoms with Gasteiger partial charge in [0, 0.05) is 6.07 Å². The van der Waals surface area contributed by atoms with Gasteiger partial charge in [0.25, 0.3) is 11.4 Å². The van der Waals surface area contributed by atoms with Crippen molar-refractivity contribution in [3.8, 4) is 0 Å². The van der Waals surface area contributed by atoms with Crippen molar-refractivity contribution in [3.05, 3.63) is 38.4 Å². The predicted molar refractivity (Wildman–Crippen MR) is 71.3 cm³/mol. The fraction of sp³-hybridized carbons (Fsp3) is 0.455. The number of rotatable bonds is 6. The summed E-state index contributed by atoms with van der Waals surface area (Å²) in [5.41, 5.74) is -1.28. The molecule has 1 aromatic carbocycles. The summed E-state index contributed by atoms with van der Waals surface area (Å²) in [6.45, 7) is 3.26. The summed E-state index contributed by atoms with van der Waals surface area (Å²) in [5.74, 6) is 0. The highest BCUT2D eigenvalue weighted by Crippen LogP contribution is 2.31. The Labute approximate surface area is 115 Å². The van der Waals surface area contributed by atoms with E-state index in [4.69, 9.17) is 0 Å². The summed E-state index contributed by atoms with van der Waals surface area (Å²) < 4.78 is 24.5. The van der Waals surface area contributed by atoms with E-state index < -0.39 is 41.2 Å². The van der Waals surface area contributed by atoms with Crippen LogP contribution in [0.5, 0.6) is 0 Å². The lowest BCUT2D eigenvalue weighted by Crippen LogP contribution is -2.19. The highest BCUT2D eigenvalue weighted by molar-refractivity contribution is 7.92. The van der Waals surface area contributed by atoms with E-state index in [9.17, 15) is 28.6 Å². The normalized spacial score (nSPS) is 12.9. The van der Waals surface area contributed by atoms with Gasteiger partial charge >= 0.3 is 0 Å². The van der Waals surface area contributed by atoms with Crippen molar-refractivity contribution in [1.82, 2.24) is 0 Å². The summed E-state index contributed by atoms with van der Waals surface area (Å²) in [6.07, 6.45) is 0.970. The van der Waals surface area contributed by atoms with Crippen LogP contribution in [-0.2, 0) is 9.84 Å². The molecule has 0 saturated heterocycles. The first-order valence-electron chi connectivity index (χ1n) is 5.88. The number of nitrogens with zero attached hydrogens (tertiary/aromatic N) is 2. The molecule has 0 aromatic heterocycles. The molecule has 0 amide bonds. The maximum atomic E-state index is 12.3. The van der Waals surface area contributed by atoms with E-state index in [1.807, 2.05) is 0 Å². The minimum atomic E-state index is -3.88. The lowest BCUT2D eigenvalue weighted by atomic mass is 10.3. The second-order valence-electron chi connectivity index (χ2n) is 4.31. The maximum Gasteiger partial charge on any atom is 0.294 e. The molecule has 0 spiro atoms. The van der Waals surface area contributed by atoms with Gasteiger partial charge in [0.05, 0.1) is 21.2 Å². The van der Waals surface area contributed by atoms with Crippen molar-refractivity contribution < 1.29 is 18.3 Å². The molecule has 1 aromatic rings. The molecule has 0 aliphatic rings. The van der Waals surface area contributed by atoms with Crippen LogP contribution in [0, 0.1) is 20.2 Å². The molecule has 0 bridgehead atoms. The van der Waals surface area contributed by atoms with Crippen molar-refractivity contribution >= 4 is 21.2 Å². The second kappa shape index (κ2) is 5.95. The van der Waals surface area contributed by atoms with Gasteiger partial charge in [-0.2, -0.15) is 0 Å². The average Bonchev–Trinajstić information content (AvgIpc) is 2.38. The van der Waals surface area contributed by atoms with E-state index in [1.54, 1.807) is 6.92 Å². The lowest BCUT2D eigenvalue weighted by molar-refractivity contribution is -0.396. The summed E-state index contributed by atoms with van der Waals surface area (Å²) >= 11 is 0. The Hall–Kier alpha value is -2.03. The Morgan fingerprint density at radius 2 is 1.80 bits per heavy atom. The van der Waals surface area contributed by atoms with Gasteiger partial charge in [0.2, 0.25) is 0 Å². The van der Waals surface area contributed by atoms with Gasteiger partial charge in [-0.15, -0.1) is 0 Å². The molecule has 0 fully saturated rings. The smallest absolute Gasteiger partial charge is 0.258 e. The molecule has 1 atom stereocenters.